The van der Waals surface area contributed by atoms with Crippen LogP contribution in [0.15, 0.2) is 89.0 Å². The molecule has 1 saturated heterocycles. The van der Waals surface area contributed by atoms with Gasteiger partial charge in [0.05, 0.1) is 24.1 Å². The number of anilines is 1. The number of aryl methyl sites for hydroxylation is 1. The lowest BCUT2D eigenvalue weighted by Gasteiger charge is -2.24. The van der Waals surface area contributed by atoms with Gasteiger partial charge in [0.2, 0.25) is 0 Å². The van der Waals surface area contributed by atoms with E-state index in [1.807, 2.05) is 50.2 Å². The van der Waals surface area contributed by atoms with Crippen LogP contribution < -0.4 is 9.64 Å². The van der Waals surface area contributed by atoms with Crippen LogP contribution in [0.4, 0.5) is 5.69 Å². The third kappa shape index (κ3) is 3.87. The van der Waals surface area contributed by atoms with Crippen LogP contribution in [0.1, 0.15) is 36.3 Å². The van der Waals surface area contributed by atoms with Gasteiger partial charge >= 0.3 is 0 Å². The molecular weight excluding hydrogens is 442 g/mol. The van der Waals surface area contributed by atoms with Gasteiger partial charge in [0.1, 0.15) is 23.3 Å². The fraction of sp³-hybridized carbons (Fsp3) is 0.172. The molecule has 3 aromatic carbocycles. The Morgan fingerprint density at radius 3 is 2.57 bits per heavy atom. The summed E-state index contributed by atoms with van der Waals surface area (Å²) in [4.78, 5) is 28.2. The van der Waals surface area contributed by atoms with Gasteiger partial charge in [-0.2, -0.15) is 0 Å². The number of furan rings is 1. The predicted molar refractivity (Wildman–Crippen MR) is 134 cm³/mol. The fourth-order valence-electron chi connectivity index (χ4n) is 4.54. The highest BCUT2D eigenvalue weighted by Gasteiger charge is 2.48. The molecule has 1 fully saturated rings. The highest BCUT2D eigenvalue weighted by molar-refractivity contribution is 6.52. The molecule has 176 valence electrons. The van der Waals surface area contributed by atoms with Crippen molar-refractivity contribution in [3.8, 4) is 5.75 Å². The van der Waals surface area contributed by atoms with Crippen molar-refractivity contribution < 1.29 is 23.8 Å². The maximum absolute atomic E-state index is 13.4. The molecule has 0 aliphatic carbocycles. The summed E-state index contributed by atoms with van der Waals surface area (Å²) < 4.78 is 11.4. The Labute approximate surface area is 203 Å². The number of benzene rings is 3. The van der Waals surface area contributed by atoms with E-state index in [1.54, 1.807) is 36.4 Å². The van der Waals surface area contributed by atoms with Gasteiger partial charge in [-0.05, 0) is 60.7 Å². The molecule has 1 amide bonds. The van der Waals surface area contributed by atoms with E-state index in [0.717, 1.165) is 22.8 Å². The van der Waals surface area contributed by atoms with Crippen molar-refractivity contribution >= 4 is 33.9 Å². The number of Topliss-reactive ketones (excluding diaryl/α,β-unsaturated/α-hetero) is 1. The molecule has 35 heavy (non-hydrogen) atoms. The molecule has 5 rings (SSSR count). The zero-order chi connectivity index (χ0) is 24.5. The Morgan fingerprint density at radius 1 is 1.03 bits per heavy atom. The first-order valence-electron chi connectivity index (χ1n) is 11.6. The highest BCUT2D eigenvalue weighted by Crippen LogP contribution is 2.44. The van der Waals surface area contributed by atoms with Crippen molar-refractivity contribution in [3.63, 3.8) is 0 Å². The summed E-state index contributed by atoms with van der Waals surface area (Å²) in [6.07, 6.45) is 2.37. The van der Waals surface area contributed by atoms with E-state index in [-0.39, 0.29) is 11.3 Å². The average molecular weight is 468 g/mol. The number of ether oxygens (including phenoxy) is 1. The summed E-state index contributed by atoms with van der Waals surface area (Å²) in [5.41, 5.74) is 1.81. The zero-order valence-electron chi connectivity index (χ0n) is 19.5. The Bertz CT molecular complexity index is 1450. The van der Waals surface area contributed by atoms with Gasteiger partial charge in [0.25, 0.3) is 11.7 Å². The number of amides is 1. The molecule has 1 unspecified atom stereocenters. The summed E-state index contributed by atoms with van der Waals surface area (Å²) >= 11 is 0. The standard InChI is InChI=1S/C29H25NO5/c1-3-15-34-23-14-13-20(17-18(23)2)27(31)25-26(24-12-7-16-35-24)30(29(33)28(25)32)22-11-6-9-19-8-4-5-10-21(19)22/h4-14,16-17,26,31H,3,15H2,1-2H3/b27-25-. The molecule has 0 bridgehead atoms. The third-order valence-electron chi connectivity index (χ3n) is 6.19. The summed E-state index contributed by atoms with van der Waals surface area (Å²) in [6.45, 7) is 4.49. The maximum atomic E-state index is 13.4. The van der Waals surface area contributed by atoms with Crippen LogP contribution in [0.2, 0.25) is 0 Å². The number of aliphatic hydroxyl groups is 1. The summed E-state index contributed by atoms with van der Waals surface area (Å²) in [7, 11) is 0. The molecule has 6 heteroatoms. The first-order valence-corrected chi connectivity index (χ1v) is 11.6. The number of ketones is 1. The van der Waals surface area contributed by atoms with Gasteiger partial charge in [0, 0.05) is 10.9 Å². The molecule has 4 aromatic rings. The van der Waals surface area contributed by atoms with Crippen molar-refractivity contribution in [1.29, 1.82) is 0 Å². The lowest BCUT2D eigenvalue weighted by Crippen LogP contribution is -2.29. The van der Waals surface area contributed by atoms with Crippen LogP contribution in [0.25, 0.3) is 16.5 Å². The Kier molecular flexibility index (Phi) is 5.87. The first-order chi connectivity index (χ1) is 17.0. The van der Waals surface area contributed by atoms with E-state index >= 15 is 0 Å². The summed E-state index contributed by atoms with van der Waals surface area (Å²) in [5.74, 6) is -0.636. The Balaban J connectivity index is 1.68. The van der Waals surface area contributed by atoms with Crippen molar-refractivity contribution in [2.75, 3.05) is 11.5 Å². The predicted octanol–water partition coefficient (Wildman–Crippen LogP) is 6.16. The second-order valence-electron chi connectivity index (χ2n) is 8.51. The normalized spacial score (nSPS) is 17.3. The third-order valence-corrected chi connectivity index (χ3v) is 6.19. The van der Waals surface area contributed by atoms with Gasteiger partial charge in [-0.15, -0.1) is 0 Å². The molecule has 0 saturated carbocycles. The molecule has 1 aliphatic heterocycles. The van der Waals surface area contributed by atoms with E-state index in [9.17, 15) is 14.7 Å². The molecule has 0 spiro atoms. The minimum absolute atomic E-state index is 0.0143. The van der Waals surface area contributed by atoms with Crippen molar-refractivity contribution in [2.45, 2.75) is 26.3 Å². The fourth-order valence-corrected chi connectivity index (χ4v) is 4.54. The number of carbonyl (C=O) groups is 2. The van der Waals surface area contributed by atoms with Crippen molar-refractivity contribution in [1.82, 2.24) is 0 Å². The van der Waals surface area contributed by atoms with Crippen LogP contribution in [-0.2, 0) is 9.59 Å². The molecular formula is C29H25NO5. The largest absolute Gasteiger partial charge is 0.507 e. The smallest absolute Gasteiger partial charge is 0.300 e. The number of nitrogens with zero attached hydrogens (tertiary/aromatic N) is 1. The minimum Gasteiger partial charge on any atom is -0.507 e. The van der Waals surface area contributed by atoms with Crippen LogP contribution in [0.5, 0.6) is 5.75 Å². The van der Waals surface area contributed by atoms with Crippen molar-refractivity contribution in [3.05, 3.63) is 102 Å². The van der Waals surface area contributed by atoms with Gasteiger partial charge in [-0.25, -0.2) is 0 Å². The first kappa shape index (κ1) is 22.5. The second kappa shape index (κ2) is 9.14. The number of rotatable bonds is 6. The van der Waals surface area contributed by atoms with E-state index in [4.69, 9.17) is 9.15 Å². The van der Waals surface area contributed by atoms with E-state index in [0.29, 0.717) is 29.4 Å². The molecule has 1 aromatic heterocycles. The lowest BCUT2D eigenvalue weighted by molar-refractivity contribution is -0.132. The highest BCUT2D eigenvalue weighted by atomic mass is 16.5. The number of carbonyl (C=O) groups excluding carboxylic acids is 2. The lowest BCUT2D eigenvalue weighted by atomic mass is 9.98. The molecule has 2 heterocycles. The van der Waals surface area contributed by atoms with Crippen molar-refractivity contribution in [2.24, 2.45) is 0 Å². The number of aliphatic hydroxyl groups excluding tert-OH is 1. The molecule has 6 nitrogen and oxygen atoms in total. The Hall–Kier alpha value is -4.32. The van der Waals surface area contributed by atoms with Gasteiger partial charge < -0.3 is 14.3 Å². The molecule has 0 radical (unpaired) electrons. The summed E-state index contributed by atoms with van der Waals surface area (Å²) in [5, 5.41) is 13.1. The summed E-state index contributed by atoms with van der Waals surface area (Å²) in [6, 6.07) is 20.9. The quantitative estimate of drug-likeness (QED) is 0.209. The SMILES string of the molecule is CCCOc1ccc(/C(O)=C2/C(=O)C(=O)N(c3cccc4ccccc34)C2c2ccco2)cc1C. The molecule has 1 aliphatic rings. The minimum atomic E-state index is -0.910. The Morgan fingerprint density at radius 2 is 1.83 bits per heavy atom. The zero-order valence-corrected chi connectivity index (χ0v) is 19.5. The van der Waals surface area contributed by atoms with E-state index in [2.05, 4.69) is 0 Å². The van der Waals surface area contributed by atoms with Gasteiger partial charge in [0.15, 0.2) is 0 Å². The van der Waals surface area contributed by atoms with Crippen LogP contribution >= 0.6 is 0 Å². The molecule has 1 N–H and O–H groups in total. The van der Waals surface area contributed by atoms with Crippen LogP contribution in [-0.4, -0.2) is 23.4 Å². The average Bonchev–Trinajstić information content (AvgIpc) is 3.49. The van der Waals surface area contributed by atoms with Crippen LogP contribution in [0, 0.1) is 6.92 Å². The number of hydrogen-bond donors (Lipinski definition) is 1. The van der Waals surface area contributed by atoms with Gasteiger partial charge in [-0.3, -0.25) is 14.5 Å². The van der Waals surface area contributed by atoms with Crippen LogP contribution in [0.3, 0.4) is 0 Å². The second-order valence-corrected chi connectivity index (χ2v) is 8.51. The van der Waals surface area contributed by atoms with E-state index < -0.39 is 17.7 Å². The maximum Gasteiger partial charge on any atom is 0.300 e. The molecule has 1 atom stereocenters. The topological polar surface area (TPSA) is 80.0 Å². The van der Waals surface area contributed by atoms with Gasteiger partial charge in [-0.1, -0.05) is 43.3 Å². The monoisotopic (exact) mass is 467 g/mol. The van der Waals surface area contributed by atoms with E-state index in [1.165, 1.54) is 11.2 Å². The number of hydrogen-bond acceptors (Lipinski definition) is 5. The number of fused-ring (bicyclic) bond motifs is 1.